The van der Waals surface area contributed by atoms with Crippen LogP contribution in [0.2, 0.25) is 0 Å². The predicted molar refractivity (Wildman–Crippen MR) is 102 cm³/mol. The number of pyridine rings is 1. The molecular weight excluding hydrogens is 310 g/mol. The summed E-state index contributed by atoms with van der Waals surface area (Å²) in [6, 6.07) is 18.3. The highest BCUT2D eigenvalue weighted by atomic mass is 15.2. The number of nitrogens with one attached hydrogen (secondary N) is 2. The molecule has 1 atom stereocenters. The summed E-state index contributed by atoms with van der Waals surface area (Å²) in [5.41, 5.74) is 2.84. The van der Waals surface area contributed by atoms with E-state index in [9.17, 15) is 0 Å². The van der Waals surface area contributed by atoms with E-state index in [1.165, 1.54) is 5.56 Å². The van der Waals surface area contributed by atoms with Crippen molar-refractivity contribution in [3.63, 3.8) is 0 Å². The van der Waals surface area contributed by atoms with Crippen LogP contribution in [0.3, 0.4) is 0 Å². The van der Waals surface area contributed by atoms with Gasteiger partial charge in [-0.1, -0.05) is 43.3 Å². The molecule has 5 heteroatoms. The Morgan fingerprint density at radius 1 is 0.960 bits per heavy atom. The van der Waals surface area contributed by atoms with Crippen LogP contribution in [0.5, 0.6) is 0 Å². The number of benzene rings is 1. The Balaban J connectivity index is 1.86. The minimum atomic E-state index is 0.306. The topological polar surface area (TPSA) is 62.7 Å². The molecule has 128 valence electrons. The fourth-order valence-corrected chi connectivity index (χ4v) is 2.36. The lowest BCUT2D eigenvalue weighted by Crippen LogP contribution is -2.16. The summed E-state index contributed by atoms with van der Waals surface area (Å²) >= 11 is 0. The van der Waals surface area contributed by atoms with Gasteiger partial charge in [-0.3, -0.25) is 4.98 Å². The molecule has 0 bridgehead atoms. The van der Waals surface area contributed by atoms with Gasteiger partial charge in [-0.2, -0.15) is 4.98 Å². The second-order valence-corrected chi connectivity index (χ2v) is 5.97. The molecule has 0 aliphatic rings. The Bertz CT molecular complexity index is 790. The van der Waals surface area contributed by atoms with E-state index in [0.29, 0.717) is 18.5 Å². The SMILES string of the molecule is CC[C@H](C)Nc1nc(NCc2ccccc2)cc(-c2ccccn2)n1. The highest BCUT2D eigenvalue weighted by molar-refractivity contribution is 5.61. The summed E-state index contributed by atoms with van der Waals surface area (Å²) in [5, 5.41) is 6.73. The second kappa shape index (κ2) is 8.24. The quantitative estimate of drug-likeness (QED) is 0.672. The average molecular weight is 333 g/mol. The lowest BCUT2D eigenvalue weighted by molar-refractivity contribution is 0.753. The lowest BCUT2D eigenvalue weighted by atomic mass is 10.2. The van der Waals surface area contributed by atoms with Crippen molar-refractivity contribution in [1.82, 2.24) is 15.0 Å². The normalized spacial score (nSPS) is 11.8. The van der Waals surface area contributed by atoms with Gasteiger partial charge in [-0.15, -0.1) is 0 Å². The van der Waals surface area contributed by atoms with Crippen molar-refractivity contribution in [1.29, 1.82) is 0 Å². The molecule has 0 aliphatic heterocycles. The Kier molecular flexibility index (Phi) is 5.57. The zero-order valence-corrected chi connectivity index (χ0v) is 14.6. The maximum absolute atomic E-state index is 4.62. The summed E-state index contributed by atoms with van der Waals surface area (Å²) in [4.78, 5) is 13.6. The zero-order chi connectivity index (χ0) is 17.5. The number of anilines is 2. The Hall–Kier alpha value is -2.95. The van der Waals surface area contributed by atoms with E-state index < -0.39 is 0 Å². The highest BCUT2D eigenvalue weighted by Crippen LogP contribution is 2.20. The molecule has 3 rings (SSSR count). The summed E-state index contributed by atoms with van der Waals surface area (Å²) in [6.07, 6.45) is 2.78. The third-order valence-electron chi connectivity index (χ3n) is 3.96. The predicted octanol–water partition coefficient (Wildman–Crippen LogP) is 4.36. The van der Waals surface area contributed by atoms with Crippen LogP contribution >= 0.6 is 0 Å². The first-order chi connectivity index (χ1) is 12.2. The molecule has 25 heavy (non-hydrogen) atoms. The first-order valence-corrected chi connectivity index (χ1v) is 8.59. The molecular formula is C20H23N5. The maximum Gasteiger partial charge on any atom is 0.225 e. The summed E-state index contributed by atoms with van der Waals surface area (Å²) < 4.78 is 0. The summed E-state index contributed by atoms with van der Waals surface area (Å²) in [6.45, 7) is 4.96. The van der Waals surface area contributed by atoms with Gasteiger partial charge in [0.15, 0.2) is 0 Å². The van der Waals surface area contributed by atoms with E-state index in [2.05, 4.69) is 51.6 Å². The van der Waals surface area contributed by atoms with Crippen molar-refractivity contribution in [3.05, 3.63) is 66.4 Å². The van der Waals surface area contributed by atoms with Gasteiger partial charge in [0.2, 0.25) is 5.95 Å². The standard InChI is InChI=1S/C20H23N5/c1-3-15(2)23-20-24-18(17-11-7-8-12-21-17)13-19(25-20)22-14-16-9-5-4-6-10-16/h4-13,15H,3,14H2,1-2H3,(H2,22,23,24,25)/t15-/m0/s1. The van der Waals surface area contributed by atoms with Gasteiger partial charge in [-0.05, 0) is 31.0 Å². The molecule has 0 fully saturated rings. The van der Waals surface area contributed by atoms with E-state index in [1.54, 1.807) is 6.20 Å². The van der Waals surface area contributed by atoms with Gasteiger partial charge in [0.1, 0.15) is 5.82 Å². The lowest BCUT2D eigenvalue weighted by Gasteiger charge is -2.14. The van der Waals surface area contributed by atoms with Crippen molar-refractivity contribution >= 4 is 11.8 Å². The van der Waals surface area contributed by atoms with E-state index in [1.807, 2.05) is 42.5 Å². The van der Waals surface area contributed by atoms with Gasteiger partial charge >= 0.3 is 0 Å². The van der Waals surface area contributed by atoms with Gasteiger partial charge < -0.3 is 10.6 Å². The summed E-state index contributed by atoms with van der Waals surface area (Å²) in [7, 11) is 0. The molecule has 5 nitrogen and oxygen atoms in total. The van der Waals surface area contributed by atoms with Gasteiger partial charge in [0.05, 0.1) is 11.4 Å². The van der Waals surface area contributed by atoms with Crippen LogP contribution in [0.25, 0.3) is 11.4 Å². The molecule has 0 saturated carbocycles. The molecule has 2 heterocycles. The fraction of sp³-hybridized carbons (Fsp3) is 0.250. The van der Waals surface area contributed by atoms with E-state index >= 15 is 0 Å². The number of hydrogen-bond acceptors (Lipinski definition) is 5. The largest absolute Gasteiger partial charge is 0.366 e. The van der Waals surface area contributed by atoms with Crippen molar-refractivity contribution in [3.8, 4) is 11.4 Å². The van der Waals surface area contributed by atoms with Gasteiger partial charge in [-0.25, -0.2) is 4.98 Å². The van der Waals surface area contributed by atoms with Crippen molar-refractivity contribution in [2.45, 2.75) is 32.9 Å². The maximum atomic E-state index is 4.62. The first-order valence-electron chi connectivity index (χ1n) is 8.59. The minimum absolute atomic E-state index is 0.306. The second-order valence-electron chi connectivity index (χ2n) is 5.97. The molecule has 1 aromatic carbocycles. The molecule has 3 aromatic rings. The Morgan fingerprint density at radius 2 is 1.76 bits per heavy atom. The molecule has 0 unspecified atom stereocenters. The summed E-state index contributed by atoms with van der Waals surface area (Å²) in [5.74, 6) is 1.40. The van der Waals surface area contributed by atoms with Crippen molar-refractivity contribution in [2.24, 2.45) is 0 Å². The molecule has 0 aliphatic carbocycles. The van der Waals surface area contributed by atoms with Gasteiger partial charge in [0.25, 0.3) is 0 Å². The first kappa shape index (κ1) is 16.9. The molecule has 2 N–H and O–H groups in total. The van der Waals surface area contributed by atoms with Crippen LogP contribution < -0.4 is 10.6 Å². The molecule has 0 amide bonds. The Morgan fingerprint density at radius 3 is 2.48 bits per heavy atom. The van der Waals surface area contributed by atoms with Crippen LogP contribution in [0.15, 0.2) is 60.8 Å². The van der Waals surface area contributed by atoms with Crippen LogP contribution in [0, 0.1) is 0 Å². The molecule has 0 saturated heterocycles. The number of rotatable bonds is 7. The number of hydrogen-bond donors (Lipinski definition) is 2. The number of aromatic nitrogens is 3. The molecule has 0 spiro atoms. The van der Waals surface area contributed by atoms with E-state index in [0.717, 1.165) is 23.6 Å². The van der Waals surface area contributed by atoms with Crippen molar-refractivity contribution < 1.29 is 0 Å². The van der Waals surface area contributed by atoms with Crippen LogP contribution in [-0.4, -0.2) is 21.0 Å². The third kappa shape index (κ3) is 4.76. The molecule has 0 radical (unpaired) electrons. The minimum Gasteiger partial charge on any atom is -0.366 e. The van der Waals surface area contributed by atoms with Crippen LogP contribution in [0.4, 0.5) is 11.8 Å². The average Bonchev–Trinajstić information content (AvgIpc) is 2.67. The zero-order valence-electron chi connectivity index (χ0n) is 14.6. The smallest absolute Gasteiger partial charge is 0.225 e. The fourth-order valence-electron chi connectivity index (χ4n) is 2.36. The van der Waals surface area contributed by atoms with Crippen LogP contribution in [0.1, 0.15) is 25.8 Å². The van der Waals surface area contributed by atoms with Crippen LogP contribution in [-0.2, 0) is 6.54 Å². The van der Waals surface area contributed by atoms with Gasteiger partial charge in [0, 0.05) is 24.8 Å². The Labute approximate surface area is 148 Å². The number of nitrogens with zero attached hydrogens (tertiary/aromatic N) is 3. The monoisotopic (exact) mass is 333 g/mol. The third-order valence-corrected chi connectivity index (χ3v) is 3.96. The van der Waals surface area contributed by atoms with E-state index in [4.69, 9.17) is 0 Å². The van der Waals surface area contributed by atoms with Crippen molar-refractivity contribution in [2.75, 3.05) is 10.6 Å². The molecule has 2 aromatic heterocycles. The highest BCUT2D eigenvalue weighted by Gasteiger charge is 2.09. The van der Waals surface area contributed by atoms with E-state index in [-0.39, 0.29) is 0 Å².